The molecule has 2 aromatic rings. The molecule has 1 saturated heterocycles. The van der Waals surface area contributed by atoms with Gasteiger partial charge in [0.2, 0.25) is 0 Å². The average molecular weight is 559 g/mol. The van der Waals surface area contributed by atoms with Crippen LogP contribution in [0.2, 0.25) is 0 Å². The third-order valence-corrected chi connectivity index (χ3v) is 7.29. The minimum atomic E-state index is -5.00. The fourth-order valence-electron chi connectivity index (χ4n) is 4.25. The zero-order chi connectivity index (χ0) is 27.7. The summed E-state index contributed by atoms with van der Waals surface area (Å²) in [7, 11) is 1.34. The van der Waals surface area contributed by atoms with Crippen LogP contribution >= 0.6 is 11.8 Å². The highest BCUT2D eigenvalue weighted by atomic mass is 32.2. The van der Waals surface area contributed by atoms with Gasteiger partial charge in [-0.3, -0.25) is 4.79 Å². The predicted octanol–water partition coefficient (Wildman–Crippen LogP) is 7.16. The van der Waals surface area contributed by atoms with E-state index in [1.807, 2.05) is 0 Å². The Hall–Kier alpha value is -3.15. The Morgan fingerprint density at radius 2 is 1.82 bits per heavy atom. The standard InChI is InChI=1S/C26H24F6N2O3S/c1-15-5-3-4-10-34(15)24-33-23(35)22(38-24)12-16-6-9-20(21(11-16)36-2)37-14-17-7-8-18(25(27,28)29)13-19(17)26(30,31)32/h6-9,11-13,15H,3-5,10,14H2,1-2H3. The van der Waals surface area contributed by atoms with Gasteiger partial charge in [-0.25, -0.2) is 0 Å². The number of hydrogen-bond donors (Lipinski definition) is 0. The summed E-state index contributed by atoms with van der Waals surface area (Å²) in [5.74, 6) is -0.0859. The van der Waals surface area contributed by atoms with E-state index in [1.165, 1.54) is 24.9 Å². The van der Waals surface area contributed by atoms with Crippen LogP contribution in [0.15, 0.2) is 46.3 Å². The van der Waals surface area contributed by atoms with E-state index >= 15 is 0 Å². The molecule has 0 spiro atoms. The number of methoxy groups -OCH3 is 1. The van der Waals surface area contributed by atoms with Crippen molar-refractivity contribution in [1.82, 2.24) is 4.90 Å². The highest BCUT2D eigenvalue weighted by molar-refractivity contribution is 8.18. The second-order valence-electron chi connectivity index (χ2n) is 8.91. The normalized spacial score (nSPS) is 19.6. The number of hydrogen-bond acceptors (Lipinski definition) is 5. The lowest BCUT2D eigenvalue weighted by atomic mass is 10.0. The number of carbonyl (C=O) groups is 1. The molecule has 1 unspecified atom stereocenters. The van der Waals surface area contributed by atoms with E-state index in [0.717, 1.165) is 31.9 Å². The number of thioether (sulfide) groups is 1. The van der Waals surface area contributed by atoms with Gasteiger partial charge in [-0.15, -0.1) is 0 Å². The third kappa shape index (κ3) is 6.28. The minimum absolute atomic E-state index is 0.0719. The van der Waals surface area contributed by atoms with Gasteiger partial charge in [0.25, 0.3) is 5.91 Å². The van der Waals surface area contributed by atoms with Crippen LogP contribution in [0.3, 0.4) is 0 Å². The zero-order valence-corrected chi connectivity index (χ0v) is 21.3. The number of alkyl halides is 6. The van der Waals surface area contributed by atoms with Crippen molar-refractivity contribution >= 4 is 28.9 Å². The van der Waals surface area contributed by atoms with Gasteiger partial charge < -0.3 is 14.4 Å². The van der Waals surface area contributed by atoms with E-state index in [4.69, 9.17) is 9.47 Å². The topological polar surface area (TPSA) is 51.1 Å². The Balaban J connectivity index is 1.50. The number of carbonyl (C=O) groups excluding carboxylic acids is 1. The number of nitrogens with zero attached hydrogens (tertiary/aromatic N) is 2. The van der Waals surface area contributed by atoms with E-state index < -0.39 is 35.6 Å². The molecule has 2 aromatic carbocycles. The van der Waals surface area contributed by atoms with Crippen molar-refractivity contribution in [3.05, 3.63) is 63.6 Å². The fourth-order valence-corrected chi connectivity index (χ4v) is 5.29. The molecule has 4 rings (SSSR count). The van der Waals surface area contributed by atoms with Gasteiger partial charge in [0.1, 0.15) is 6.61 Å². The van der Waals surface area contributed by atoms with E-state index in [1.54, 1.807) is 18.2 Å². The van der Waals surface area contributed by atoms with Crippen molar-refractivity contribution in [2.75, 3.05) is 13.7 Å². The molecule has 204 valence electrons. The van der Waals surface area contributed by atoms with Gasteiger partial charge in [0.15, 0.2) is 16.7 Å². The Morgan fingerprint density at radius 3 is 2.47 bits per heavy atom. The molecule has 1 fully saturated rings. The fraction of sp³-hybridized carbons (Fsp3) is 0.385. The summed E-state index contributed by atoms with van der Waals surface area (Å²) in [4.78, 5) is 19.2. The van der Waals surface area contributed by atoms with Crippen molar-refractivity contribution in [3.63, 3.8) is 0 Å². The molecular formula is C26H24F6N2O3S. The number of halogens is 6. The number of amides is 1. The summed E-state index contributed by atoms with van der Waals surface area (Å²) in [5.41, 5.74) is -2.70. The summed E-state index contributed by atoms with van der Waals surface area (Å²) in [6, 6.07) is 6.30. The molecule has 5 nitrogen and oxygen atoms in total. The molecule has 12 heteroatoms. The molecule has 1 atom stereocenters. The van der Waals surface area contributed by atoms with E-state index in [2.05, 4.69) is 16.8 Å². The van der Waals surface area contributed by atoms with Crippen molar-refractivity contribution in [1.29, 1.82) is 0 Å². The molecule has 0 radical (unpaired) electrons. The second kappa shape index (κ2) is 10.9. The maximum absolute atomic E-state index is 13.4. The number of ether oxygens (including phenoxy) is 2. The van der Waals surface area contributed by atoms with Crippen LogP contribution in [0.5, 0.6) is 11.5 Å². The van der Waals surface area contributed by atoms with E-state index in [0.29, 0.717) is 27.7 Å². The number of benzene rings is 2. The van der Waals surface area contributed by atoms with E-state index in [-0.39, 0.29) is 23.5 Å². The van der Waals surface area contributed by atoms with Gasteiger partial charge in [-0.2, -0.15) is 31.3 Å². The number of piperidine rings is 1. The van der Waals surface area contributed by atoms with Gasteiger partial charge in [-0.05, 0) is 73.9 Å². The van der Waals surface area contributed by atoms with Crippen molar-refractivity contribution in [2.45, 2.75) is 51.2 Å². The van der Waals surface area contributed by atoms with Crippen LogP contribution in [0, 0.1) is 0 Å². The van der Waals surface area contributed by atoms with Crippen LogP contribution in [0.4, 0.5) is 26.3 Å². The minimum Gasteiger partial charge on any atom is -0.493 e. The van der Waals surface area contributed by atoms with Crippen molar-refractivity contribution < 1.29 is 40.6 Å². The van der Waals surface area contributed by atoms with Crippen LogP contribution in [0.1, 0.15) is 48.4 Å². The number of rotatable bonds is 5. The number of likely N-dealkylation sites (tertiary alicyclic amines) is 1. The molecule has 2 heterocycles. The lowest BCUT2D eigenvalue weighted by Crippen LogP contribution is -2.40. The molecular weight excluding hydrogens is 534 g/mol. The summed E-state index contributed by atoms with van der Waals surface area (Å²) >= 11 is 1.28. The summed E-state index contributed by atoms with van der Waals surface area (Å²) in [6.07, 6.45) is -5.07. The van der Waals surface area contributed by atoms with Crippen LogP contribution < -0.4 is 9.47 Å². The van der Waals surface area contributed by atoms with Crippen LogP contribution in [-0.4, -0.2) is 35.7 Å². The van der Waals surface area contributed by atoms with Crippen molar-refractivity contribution in [2.24, 2.45) is 4.99 Å². The molecule has 1 amide bonds. The molecule has 2 aliphatic rings. The van der Waals surface area contributed by atoms with Crippen LogP contribution in [-0.2, 0) is 23.8 Å². The Kier molecular flexibility index (Phi) is 8.01. The Morgan fingerprint density at radius 1 is 1.05 bits per heavy atom. The van der Waals surface area contributed by atoms with Gasteiger partial charge in [0, 0.05) is 18.2 Å². The lowest BCUT2D eigenvalue weighted by Gasteiger charge is -2.34. The van der Waals surface area contributed by atoms with Gasteiger partial charge >= 0.3 is 12.4 Å². The molecule has 2 aliphatic heterocycles. The predicted molar refractivity (Wildman–Crippen MR) is 132 cm³/mol. The van der Waals surface area contributed by atoms with E-state index in [9.17, 15) is 31.1 Å². The molecule has 0 saturated carbocycles. The van der Waals surface area contributed by atoms with Crippen LogP contribution in [0.25, 0.3) is 6.08 Å². The average Bonchev–Trinajstić information content (AvgIpc) is 3.21. The first-order valence-corrected chi connectivity index (χ1v) is 12.6. The maximum atomic E-state index is 13.4. The second-order valence-corrected chi connectivity index (χ2v) is 9.92. The monoisotopic (exact) mass is 558 g/mol. The largest absolute Gasteiger partial charge is 0.493 e. The highest BCUT2D eigenvalue weighted by Crippen LogP contribution is 2.39. The Labute approximate surface area is 219 Å². The summed E-state index contributed by atoms with van der Waals surface area (Å²) < 4.78 is 89.9. The molecule has 0 bridgehead atoms. The zero-order valence-electron chi connectivity index (χ0n) is 20.4. The first-order valence-electron chi connectivity index (χ1n) is 11.7. The Bertz CT molecular complexity index is 1270. The maximum Gasteiger partial charge on any atom is 0.416 e. The molecule has 38 heavy (non-hydrogen) atoms. The molecule has 0 aliphatic carbocycles. The first-order chi connectivity index (χ1) is 17.9. The number of amidine groups is 1. The third-order valence-electron chi connectivity index (χ3n) is 6.27. The van der Waals surface area contributed by atoms with Gasteiger partial charge in [0.05, 0.1) is 23.1 Å². The van der Waals surface area contributed by atoms with Crippen molar-refractivity contribution in [3.8, 4) is 11.5 Å². The first kappa shape index (κ1) is 27.9. The smallest absolute Gasteiger partial charge is 0.416 e. The molecule has 0 N–H and O–H groups in total. The highest BCUT2D eigenvalue weighted by Gasteiger charge is 2.38. The quantitative estimate of drug-likeness (QED) is 0.288. The number of aliphatic imine (C=N–C) groups is 1. The lowest BCUT2D eigenvalue weighted by molar-refractivity contribution is -0.143. The molecule has 0 aromatic heterocycles. The summed E-state index contributed by atoms with van der Waals surface area (Å²) in [6.45, 7) is 2.30. The summed E-state index contributed by atoms with van der Waals surface area (Å²) in [5, 5.41) is 0.664. The SMILES string of the molecule is COc1cc(C=C2SC(N3CCCCC3C)=NC2=O)ccc1OCc1ccc(C(F)(F)F)cc1C(F)(F)F. The van der Waals surface area contributed by atoms with Gasteiger partial charge in [-0.1, -0.05) is 12.1 Å².